The summed E-state index contributed by atoms with van der Waals surface area (Å²) in [5.41, 5.74) is 3.95. The van der Waals surface area contributed by atoms with E-state index in [1.807, 2.05) is 12.1 Å². The minimum atomic E-state index is -0.258. The molecule has 3 N–H and O–H groups in total. The summed E-state index contributed by atoms with van der Waals surface area (Å²) in [6.45, 7) is 1.89. The number of amides is 1. The highest BCUT2D eigenvalue weighted by atomic mass is 35.5. The number of aromatic nitrogens is 3. The number of benzene rings is 1. The SMILES string of the molecule is COc1ccc(NC(=O)c2n[nH]c3c2CNCC3)cc1OCc1ccncc1.Cl. The summed E-state index contributed by atoms with van der Waals surface area (Å²) in [4.78, 5) is 16.7. The Morgan fingerprint density at radius 1 is 1.21 bits per heavy atom. The molecule has 0 aliphatic carbocycles. The van der Waals surface area contributed by atoms with Crippen LogP contribution in [0.1, 0.15) is 27.3 Å². The summed E-state index contributed by atoms with van der Waals surface area (Å²) in [5.74, 6) is 0.877. The first kappa shape index (κ1) is 20.6. The Kier molecular flexibility index (Phi) is 6.69. The first-order chi connectivity index (χ1) is 13.7. The van der Waals surface area contributed by atoms with E-state index >= 15 is 0 Å². The zero-order valence-electron chi connectivity index (χ0n) is 15.9. The van der Waals surface area contributed by atoms with Crippen molar-refractivity contribution in [3.05, 3.63) is 65.2 Å². The van der Waals surface area contributed by atoms with Gasteiger partial charge in [-0.2, -0.15) is 5.10 Å². The lowest BCUT2D eigenvalue weighted by Gasteiger charge is -2.14. The van der Waals surface area contributed by atoms with Gasteiger partial charge in [0.15, 0.2) is 17.2 Å². The molecule has 0 fully saturated rings. The highest BCUT2D eigenvalue weighted by molar-refractivity contribution is 6.04. The average molecular weight is 416 g/mol. The molecule has 1 aliphatic heterocycles. The molecule has 1 amide bonds. The molecule has 0 unspecified atom stereocenters. The second-order valence-electron chi connectivity index (χ2n) is 6.42. The molecule has 0 spiro atoms. The zero-order valence-corrected chi connectivity index (χ0v) is 16.7. The average Bonchev–Trinajstić information content (AvgIpc) is 3.17. The molecule has 1 aliphatic rings. The van der Waals surface area contributed by atoms with E-state index in [1.165, 1.54) is 0 Å². The van der Waals surface area contributed by atoms with Crippen LogP contribution < -0.4 is 20.1 Å². The van der Waals surface area contributed by atoms with Crippen LogP contribution in [0.15, 0.2) is 42.7 Å². The molecular weight excluding hydrogens is 394 g/mol. The summed E-state index contributed by atoms with van der Waals surface area (Å²) in [6.07, 6.45) is 4.27. The molecule has 152 valence electrons. The topological polar surface area (TPSA) is 101 Å². The fourth-order valence-electron chi connectivity index (χ4n) is 3.11. The molecule has 0 saturated carbocycles. The standard InChI is InChI=1S/C20H21N5O3.ClH/c1-27-17-3-2-14(10-18(17)28-12-13-4-7-21-8-5-13)23-20(26)19-15-11-22-9-6-16(15)24-25-19;/h2-5,7-8,10,22H,6,9,11-12H2,1H3,(H,23,26)(H,24,25);1H. The van der Waals surface area contributed by atoms with Gasteiger partial charge in [0.25, 0.3) is 5.91 Å². The third kappa shape index (κ3) is 4.67. The minimum absolute atomic E-state index is 0. The number of fused-ring (bicyclic) bond motifs is 1. The molecule has 9 heteroatoms. The molecule has 0 atom stereocenters. The highest BCUT2D eigenvalue weighted by Gasteiger charge is 2.22. The molecule has 2 aromatic heterocycles. The normalized spacial score (nSPS) is 12.4. The van der Waals surface area contributed by atoms with Gasteiger partial charge in [0, 0.05) is 54.9 Å². The fraction of sp³-hybridized carbons (Fsp3) is 0.250. The molecule has 0 radical (unpaired) electrons. The van der Waals surface area contributed by atoms with Crippen LogP contribution in [0, 0.1) is 0 Å². The van der Waals surface area contributed by atoms with E-state index in [0.29, 0.717) is 36.0 Å². The molecule has 0 bridgehead atoms. The first-order valence-electron chi connectivity index (χ1n) is 9.02. The van der Waals surface area contributed by atoms with Gasteiger partial charge < -0.3 is 20.1 Å². The van der Waals surface area contributed by atoms with Crippen LogP contribution in [-0.4, -0.2) is 34.7 Å². The number of carbonyl (C=O) groups is 1. The summed E-state index contributed by atoms with van der Waals surface area (Å²) in [5, 5.41) is 13.3. The Hall–Kier alpha value is -3.10. The van der Waals surface area contributed by atoms with Gasteiger partial charge in [-0.3, -0.25) is 14.9 Å². The Balaban J connectivity index is 0.00000240. The van der Waals surface area contributed by atoms with E-state index in [1.54, 1.807) is 37.7 Å². The van der Waals surface area contributed by atoms with Gasteiger partial charge in [0.05, 0.1) is 7.11 Å². The van der Waals surface area contributed by atoms with Crippen molar-refractivity contribution in [2.45, 2.75) is 19.6 Å². The lowest BCUT2D eigenvalue weighted by Crippen LogP contribution is -2.25. The number of nitrogens with zero attached hydrogens (tertiary/aromatic N) is 2. The van der Waals surface area contributed by atoms with Crippen molar-refractivity contribution in [1.82, 2.24) is 20.5 Å². The van der Waals surface area contributed by atoms with Crippen molar-refractivity contribution in [2.75, 3.05) is 19.0 Å². The van der Waals surface area contributed by atoms with E-state index < -0.39 is 0 Å². The number of hydrogen-bond donors (Lipinski definition) is 3. The molecule has 0 saturated heterocycles. The van der Waals surface area contributed by atoms with Crippen LogP contribution in [0.4, 0.5) is 5.69 Å². The van der Waals surface area contributed by atoms with Gasteiger partial charge >= 0.3 is 0 Å². The van der Waals surface area contributed by atoms with Crippen molar-refractivity contribution < 1.29 is 14.3 Å². The third-order valence-electron chi connectivity index (χ3n) is 4.59. The maximum Gasteiger partial charge on any atom is 0.276 e. The quantitative estimate of drug-likeness (QED) is 0.572. The molecule has 29 heavy (non-hydrogen) atoms. The van der Waals surface area contributed by atoms with E-state index in [4.69, 9.17) is 9.47 Å². The van der Waals surface area contributed by atoms with Gasteiger partial charge in [-0.25, -0.2) is 0 Å². The molecular formula is C20H22ClN5O3. The summed E-state index contributed by atoms with van der Waals surface area (Å²) in [6, 6.07) is 9.04. The largest absolute Gasteiger partial charge is 0.493 e. The number of anilines is 1. The maximum absolute atomic E-state index is 12.7. The monoisotopic (exact) mass is 415 g/mol. The maximum atomic E-state index is 12.7. The number of nitrogens with one attached hydrogen (secondary N) is 3. The number of hydrogen-bond acceptors (Lipinski definition) is 6. The third-order valence-corrected chi connectivity index (χ3v) is 4.59. The second kappa shape index (κ2) is 9.40. The number of rotatable bonds is 6. The van der Waals surface area contributed by atoms with Crippen molar-refractivity contribution in [3.8, 4) is 11.5 Å². The molecule has 8 nitrogen and oxygen atoms in total. The van der Waals surface area contributed by atoms with Gasteiger partial charge in [-0.15, -0.1) is 12.4 Å². The molecule has 4 rings (SSSR count). The van der Waals surface area contributed by atoms with Crippen molar-refractivity contribution >= 4 is 24.0 Å². The van der Waals surface area contributed by atoms with Gasteiger partial charge in [-0.05, 0) is 29.8 Å². The van der Waals surface area contributed by atoms with E-state index in [0.717, 1.165) is 29.8 Å². The van der Waals surface area contributed by atoms with E-state index in [9.17, 15) is 4.79 Å². The second-order valence-corrected chi connectivity index (χ2v) is 6.42. The zero-order chi connectivity index (χ0) is 19.3. The highest BCUT2D eigenvalue weighted by Crippen LogP contribution is 2.31. The summed E-state index contributed by atoms with van der Waals surface area (Å²) >= 11 is 0. The van der Waals surface area contributed by atoms with E-state index in [-0.39, 0.29) is 18.3 Å². The predicted octanol–water partition coefficient (Wildman–Crippen LogP) is 2.71. The van der Waals surface area contributed by atoms with Crippen molar-refractivity contribution in [1.29, 1.82) is 0 Å². The minimum Gasteiger partial charge on any atom is -0.493 e. The number of pyridine rings is 1. The Morgan fingerprint density at radius 3 is 2.83 bits per heavy atom. The van der Waals surface area contributed by atoms with Gasteiger partial charge in [0.1, 0.15) is 6.61 Å². The van der Waals surface area contributed by atoms with Gasteiger partial charge in [0.2, 0.25) is 0 Å². The summed E-state index contributed by atoms with van der Waals surface area (Å²) < 4.78 is 11.2. The lowest BCUT2D eigenvalue weighted by molar-refractivity contribution is 0.102. The van der Waals surface area contributed by atoms with Crippen LogP contribution in [0.5, 0.6) is 11.5 Å². The summed E-state index contributed by atoms with van der Waals surface area (Å²) in [7, 11) is 1.58. The van der Waals surface area contributed by atoms with Crippen LogP contribution in [0.2, 0.25) is 0 Å². The number of H-pyrrole nitrogens is 1. The Morgan fingerprint density at radius 2 is 2.03 bits per heavy atom. The van der Waals surface area contributed by atoms with Crippen LogP contribution >= 0.6 is 12.4 Å². The predicted molar refractivity (Wildman–Crippen MR) is 111 cm³/mol. The Bertz CT molecular complexity index is 978. The van der Waals surface area contributed by atoms with Crippen molar-refractivity contribution in [3.63, 3.8) is 0 Å². The van der Waals surface area contributed by atoms with Crippen LogP contribution in [0.25, 0.3) is 0 Å². The number of aromatic amines is 1. The smallest absolute Gasteiger partial charge is 0.276 e. The van der Waals surface area contributed by atoms with E-state index in [2.05, 4.69) is 25.8 Å². The number of methoxy groups -OCH3 is 1. The van der Waals surface area contributed by atoms with Gasteiger partial charge in [-0.1, -0.05) is 0 Å². The van der Waals surface area contributed by atoms with Crippen molar-refractivity contribution in [2.24, 2.45) is 0 Å². The lowest BCUT2D eigenvalue weighted by atomic mass is 10.1. The van der Waals surface area contributed by atoms with Crippen LogP contribution in [0.3, 0.4) is 0 Å². The Labute approximate surface area is 174 Å². The van der Waals surface area contributed by atoms with Crippen LogP contribution in [-0.2, 0) is 19.6 Å². The number of ether oxygens (including phenoxy) is 2. The number of halogens is 1. The molecule has 3 aromatic rings. The first-order valence-corrected chi connectivity index (χ1v) is 9.02. The number of carbonyl (C=O) groups excluding carboxylic acids is 1. The molecule has 1 aromatic carbocycles. The molecule has 3 heterocycles. The fourth-order valence-corrected chi connectivity index (χ4v) is 3.11.